The lowest BCUT2D eigenvalue weighted by atomic mass is 10.0. The summed E-state index contributed by atoms with van der Waals surface area (Å²) in [6.07, 6.45) is 0.147. The van der Waals surface area contributed by atoms with E-state index in [1.54, 1.807) is 25.3 Å². The molecule has 5 rings (SSSR count). The van der Waals surface area contributed by atoms with E-state index in [1.807, 2.05) is 110 Å². The van der Waals surface area contributed by atoms with Crippen LogP contribution in [0, 0.1) is 5.92 Å². The molecule has 0 radical (unpaired) electrons. The Balaban J connectivity index is 1.50. The van der Waals surface area contributed by atoms with Gasteiger partial charge in [0.15, 0.2) is 0 Å². The molecule has 1 aliphatic heterocycles. The number of hydrazine groups is 1. The van der Waals surface area contributed by atoms with Crippen LogP contribution in [-0.2, 0) is 32.3 Å². The highest BCUT2D eigenvalue weighted by molar-refractivity contribution is 5.96. The molecule has 0 aromatic heterocycles. The fraction of sp³-hybridized carbons (Fsp3) is 0.317. The fourth-order valence-electron chi connectivity index (χ4n) is 6.04. The van der Waals surface area contributed by atoms with Gasteiger partial charge < -0.3 is 25.8 Å². The number of carbonyl (C=O) groups is 4. The second-order valence-corrected chi connectivity index (χ2v) is 13.6. The highest BCUT2D eigenvalue weighted by atomic mass is 16.5. The molecule has 5 N–H and O–H groups in total. The van der Waals surface area contributed by atoms with Crippen LogP contribution < -0.4 is 21.4 Å². The summed E-state index contributed by atoms with van der Waals surface area (Å²) < 4.78 is 5.54. The van der Waals surface area contributed by atoms with Crippen molar-refractivity contribution in [2.45, 2.75) is 71.4 Å². The van der Waals surface area contributed by atoms with Crippen molar-refractivity contribution in [3.63, 3.8) is 0 Å². The molecule has 1 aliphatic rings. The summed E-state index contributed by atoms with van der Waals surface area (Å²) in [5, 5.41) is 16.5. The second-order valence-electron chi connectivity index (χ2n) is 13.6. The van der Waals surface area contributed by atoms with E-state index in [2.05, 4.69) is 10.7 Å². The second kappa shape index (κ2) is 18.2. The Kier molecular flexibility index (Phi) is 13.2. The lowest BCUT2D eigenvalue weighted by molar-refractivity contribution is -0.147. The maximum atomic E-state index is 14.7. The van der Waals surface area contributed by atoms with Gasteiger partial charge in [0, 0.05) is 23.7 Å². The van der Waals surface area contributed by atoms with Gasteiger partial charge in [-0.05, 0) is 48.3 Å². The molecular weight excluding hydrogens is 672 g/mol. The van der Waals surface area contributed by atoms with E-state index in [9.17, 15) is 24.3 Å². The molecule has 278 valence electrons. The monoisotopic (exact) mass is 720 g/mol. The molecule has 12 heteroatoms. The average Bonchev–Trinajstić information content (AvgIpc) is 3.58. The number of anilines is 1. The van der Waals surface area contributed by atoms with E-state index >= 15 is 0 Å². The number of hydrogen-bond acceptors (Lipinski definition) is 8. The molecule has 0 saturated heterocycles. The van der Waals surface area contributed by atoms with E-state index in [1.165, 1.54) is 4.90 Å². The highest BCUT2D eigenvalue weighted by Crippen LogP contribution is 2.34. The van der Waals surface area contributed by atoms with Gasteiger partial charge in [-0.3, -0.25) is 24.7 Å². The van der Waals surface area contributed by atoms with Crippen LogP contribution in [0.2, 0.25) is 0 Å². The number of ether oxygens (including phenoxy) is 1. The number of nitrogens with two attached hydrogens (primary N) is 1. The molecule has 0 bridgehead atoms. The fourth-order valence-corrected chi connectivity index (χ4v) is 6.04. The van der Waals surface area contributed by atoms with Gasteiger partial charge in [-0.15, -0.1) is 0 Å². The van der Waals surface area contributed by atoms with Gasteiger partial charge in [0.05, 0.1) is 18.3 Å². The molecule has 53 heavy (non-hydrogen) atoms. The van der Waals surface area contributed by atoms with Gasteiger partial charge in [-0.2, -0.15) is 0 Å². The maximum Gasteiger partial charge on any atom is 0.408 e. The lowest BCUT2D eigenvalue weighted by Gasteiger charge is -2.31. The van der Waals surface area contributed by atoms with Gasteiger partial charge in [-0.25, -0.2) is 9.80 Å². The first-order chi connectivity index (χ1) is 25.5. The Morgan fingerprint density at radius 2 is 1.49 bits per heavy atom. The zero-order valence-corrected chi connectivity index (χ0v) is 30.4. The SMILES string of the molecule is CC(C)CC[C@H](O)C(=O)NN(Cc1ccccc1)C(=O)[C@@H](CC1=CN(C(=O)[C@H](C)N)CN1c1cccc2ccccc12)NC(=O)OCc1ccccc1. The molecule has 0 saturated carbocycles. The van der Waals surface area contributed by atoms with E-state index < -0.39 is 36.1 Å². The lowest BCUT2D eigenvalue weighted by Crippen LogP contribution is -2.56. The van der Waals surface area contributed by atoms with Crippen LogP contribution in [0.4, 0.5) is 10.5 Å². The Morgan fingerprint density at radius 1 is 0.849 bits per heavy atom. The summed E-state index contributed by atoms with van der Waals surface area (Å²) in [6.45, 7) is 5.61. The average molecular weight is 721 g/mol. The minimum atomic E-state index is -1.36. The molecule has 3 atom stereocenters. The van der Waals surface area contributed by atoms with Crippen LogP contribution in [0.5, 0.6) is 0 Å². The van der Waals surface area contributed by atoms with Crippen LogP contribution in [0.1, 0.15) is 51.2 Å². The summed E-state index contributed by atoms with van der Waals surface area (Å²) in [5.41, 5.74) is 11.4. The molecule has 0 aliphatic carbocycles. The molecule has 0 fully saturated rings. The van der Waals surface area contributed by atoms with E-state index in [4.69, 9.17) is 10.5 Å². The summed E-state index contributed by atoms with van der Waals surface area (Å²) in [4.78, 5) is 58.0. The van der Waals surface area contributed by atoms with Crippen LogP contribution in [0.15, 0.2) is 115 Å². The third kappa shape index (κ3) is 10.4. The first-order valence-electron chi connectivity index (χ1n) is 17.8. The highest BCUT2D eigenvalue weighted by Gasteiger charge is 2.35. The van der Waals surface area contributed by atoms with Crippen molar-refractivity contribution in [2.75, 3.05) is 11.6 Å². The third-order valence-corrected chi connectivity index (χ3v) is 8.91. The molecule has 0 spiro atoms. The van der Waals surface area contributed by atoms with Crippen molar-refractivity contribution < 1.29 is 29.0 Å². The zero-order valence-electron chi connectivity index (χ0n) is 30.4. The van der Waals surface area contributed by atoms with Crippen LogP contribution >= 0.6 is 0 Å². The number of fused-ring (bicyclic) bond motifs is 1. The molecule has 1 heterocycles. The summed E-state index contributed by atoms with van der Waals surface area (Å²) in [6, 6.07) is 29.8. The predicted molar refractivity (Wildman–Crippen MR) is 203 cm³/mol. The van der Waals surface area contributed by atoms with E-state index in [-0.39, 0.29) is 44.5 Å². The first-order valence-corrected chi connectivity index (χ1v) is 17.8. The topological polar surface area (TPSA) is 158 Å². The number of carbonyl (C=O) groups excluding carboxylic acids is 4. The number of nitrogens with one attached hydrogen (secondary N) is 2. The number of benzene rings is 4. The van der Waals surface area contributed by atoms with Crippen molar-refractivity contribution in [2.24, 2.45) is 11.7 Å². The van der Waals surface area contributed by atoms with Crippen molar-refractivity contribution in [3.05, 3.63) is 126 Å². The predicted octanol–water partition coefficient (Wildman–Crippen LogP) is 5.18. The summed E-state index contributed by atoms with van der Waals surface area (Å²) in [7, 11) is 0. The number of aliphatic hydroxyl groups is 1. The molecule has 4 aromatic rings. The standard InChI is InChI=1S/C41H48N6O6/c1-28(2)21-22-37(48)38(49)44-47(24-30-13-6-4-7-14-30)40(51)35(43-41(52)53-26-31-15-8-5-9-16-31)23-33-25-45(39(50)29(3)42)27-46(33)36-20-12-18-32-17-10-11-19-34(32)36/h4-20,25,28-29,35,37,48H,21-24,26-27,42H2,1-3H3,(H,43,52)(H,44,49)/t29-,35+,37-/m0/s1. The molecule has 0 unspecified atom stereocenters. The maximum absolute atomic E-state index is 14.7. The van der Waals surface area contributed by atoms with Gasteiger partial charge in [-0.1, -0.05) is 111 Å². The van der Waals surface area contributed by atoms with Gasteiger partial charge in [0.2, 0.25) is 5.91 Å². The van der Waals surface area contributed by atoms with Crippen molar-refractivity contribution in [1.29, 1.82) is 0 Å². The summed E-state index contributed by atoms with van der Waals surface area (Å²) in [5.74, 6) is -1.47. The Morgan fingerprint density at radius 3 is 2.17 bits per heavy atom. The quantitative estimate of drug-likeness (QED) is 0.130. The zero-order chi connectivity index (χ0) is 37.9. The largest absolute Gasteiger partial charge is 0.445 e. The normalized spacial score (nSPS) is 14.3. The van der Waals surface area contributed by atoms with Crippen LogP contribution in [0.3, 0.4) is 0 Å². The number of rotatable bonds is 14. The van der Waals surface area contributed by atoms with Crippen molar-refractivity contribution in [1.82, 2.24) is 20.7 Å². The number of hydrogen-bond donors (Lipinski definition) is 4. The van der Waals surface area contributed by atoms with E-state index in [0.717, 1.165) is 27.0 Å². The number of nitrogens with zero attached hydrogens (tertiary/aromatic N) is 3. The molecule has 12 nitrogen and oxygen atoms in total. The van der Waals surface area contributed by atoms with Crippen molar-refractivity contribution >= 4 is 40.3 Å². The Hall–Kier alpha value is -5.72. The Labute approximate surface area is 310 Å². The Bertz CT molecular complexity index is 1900. The molecule has 4 aromatic carbocycles. The third-order valence-electron chi connectivity index (χ3n) is 8.91. The van der Waals surface area contributed by atoms with Gasteiger partial charge >= 0.3 is 6.09 Å². The molecular formula is C41H48N6O6. The summed E-state index contributed by atoms with van der Waals surface area (Å²) >= 11 is 0. The van der Waals surface area contributed by atoms with Gasteiger partial charge in [0.1, 0.15) is 25.4 Å². The smallest absolute Gasteiger partial charge is 0.408 e. The number of alkyl carbamates (subject to hydrolysis) is 1. The minimum Gasteiger partial charge on any atom is -0.445 e. The van der Waals surface area contributed by atoms with Crippen molar-refractivity contribution in [3.8, 4) is 0 Å². The van der Waals surface area contributed by atoms with Gasteiger partial charge in [0.25, 0.3) is 11.8 Å². The van der Waals surface area contributed by atoms with Crippen LogP contribution in [0.25, 0.3) is 10.8 Å². The minimum absolute atomic E-state index is 0.0401. The number of amides is 4. The van der Waals surface area contributed by atoms with Crippen LogP contribution in [-0.4, -0.2) is 63.7 Å². The number of aliphatic hydroxyl groups excluding tert-OH is 1. The first kappa shape index (κ1) is 38.5. The molecule has 4 amide bonds. The van der Waals surface area contributed by atoms with E-state index in [0.29, 0.717) is 17.7 Å².